The molecule has 2 N–H and O–H groups in total. The highest BCUT2D eigenvalue weighted by molar-refractivity contribution is 7.89. The Morgan fingerprint density at radius 3 is 2.47 bits per heavy atom. The monoisotopic (exact) mass is 300 g/mol. The Kier molecular flexibility index (Phi) is 5.46. The number of sulfonamides is 1. The van der Waals surface area contributed by atoms with Crippen molar-refractivity contribution in [1.29, 1.82) is 0 Å². The molecule has 0 bridgehead atoms. The summed E-state index contributed by atoms with van der Waals surface area (Å²) in [5, 5.41) is 0. The van der Waals surface area contributed by atoms with Crippen LogP contribution in [0.3, 0.4) is 0 Å². The van der Waals surface area contributed by atoms with E-state index >= 15 is 0 Å². The highest BCUT2D eigenvalue weighted by Crippen LogP contribution is 2.20. The van der Waals surface area contributed by atoms with Crippen LogP contribution in [-0.2, 0) is 10.0 Å². The minimum absolute atomic E-state index is 0.145. The summed E-state index contributed by atoms with van der Waals surface area (Å²) in [7, 11) is -3.49. The second-order valence-electron chi connectivity index (χ2n) is 4.52. The molecule has 1 atom stereocenters. The average molecular weight is 300 g/mol. The molecule has 0 aliphatic heterocycles. The van der Waals surface area contributed by atoms with Crippen LogP contribution < -0.4 is 5.73 Å². The predicted molar refractivity (Wildman–Crippen MR) is 81.6 cm³/mol. The molecule has 0 heterocycles. The fourth-order valence-corrected chi connectivity index (χ4v) is 3.62. The lowest BCUT2D eigenvalue weighted by Crippen LogP contribution is -2.38. The lowest BCUT2D eigenvalue weighted by atomic mass is 10.2. The third-order valence-electron chi connectivity index (χ3n) is 3.03. The van der Waals surface area contributed by atoms with Crippen LogP contribution in [-0.4, -0.2) is 30.8 Å². The van der Waals surface area contributed by atoms with Gasteiger partial charge in [0.15, 0.2) is 0 Å². The molecule has 0 radical (unpaired) electrons. The summed E-state index contributed by atoms with van der Waals surface area (Å²) < 4.78 is 26.6. The van der Waals surface area contributed by atoms with Crippen molar-refractivity contribution in [2.75, 3.05) is 13.1 Å². The first kappa shape index (κ1) is 16.1. The van der Waals surface area contributed by atoms with Gasteiger partial charge in [-0.15, -0.1) is 0 Å². The van der Waals surface area contributed by atoms with E-state index in [4.69, 9.17) is 18.0 Å². The molecule has 0 fully saturated rings. The minimum atomic E-state index is -3.49. The van der Waals surface area contributed by atoms with Crippen molar-refractivity contribution in [3.8, 4) is 0 Å². The summed E-state index contributed by atoms with van der Waals surface area (Å²) in [6.45, 7) is 6.13. The molecular formula is C13H20N2O2S2. The summed E-state index contributed by atoms with van der Waals surface area (Å²) in [4.78, 5) is 0.672. The second-order valence-corrected chi connectivity index (χ2v) is 6.90. The lowest BCUT2D eigenvalue weighted by molar-refractivity contribution is 0.405. The Labute approximate surface area is 120 Å². The van der Waals surface area contributed by atoms with E-state index in [2.05, 4.69) is 0 Å². The molecule has 0 spiro atoms. The molecule has 0 saturated carbocycles. The topological polar surface area (TPSA) is 63.4 Å². The van der Waals surface area contributed by atoms with Gasteiger partial charge in [0.1, 0.15) is 0 Å². The summed E-state index contributed by atoms with van der Waals surface area (Å²) in [5.41, 5.74) is 6.30. The first-order chi connectivity index (χ1) is 8.80. The van der Waals surface area contributed by atoms with E-state index in [0.717, 1.165) is 5.56 Å². The van der Waals surface area contributed by atoms with Gasteiger partial charge < -0.3 is 5.73 Å². The van der Waals surface area contributed by atoms with Gasteiger partial charge in [0.05, 0.1) is 9.88 Å². The van der Waals surface area contributed by atoms with Crippen molar-refractivity contribution in [3.63, 3.8) is 0 Å². The Hall–Kier alpha value is -0.980. The SMILES string of the molecule is CCN(CC(C)C(N)=S)S(=O)(=O)c1ccccc1C. The summed E-state index contributed by atoms with van der Waals surface area (Å²) in [5.74, 6) is -0.145. The zero-order chi connectivity index (χ0) is 14.6. The molecule has 1 rings (SSSR count). The molecule has 1 unspecified atom stereocenters. The maximum Gasteiger partial charge on any atom is 0.243 e. The highest BCUT2D eigenvalue weighted by Gasteiger charge is 2.26. The van der Waals surface area contributed by atoms with Crippen molar-refractivity contribution in [2.45, 2.75) is 25.7 Å². The van der Waals surface area contributed by atoms with Crippen molar-refractivity contribution in [3.05, 3.63) is 29.8 Å². The zero-order valence-corrected chi connectivity index (χ0v) is 13.1. The summed E-state index contributed by atoms with van der Waals surface area (Å²) >= 11 is 4.91. The van der Waals surface area contributed by atoms with Gasteiger partial charge in [-0.25, -0.2) is 8.42 Å². The number of nitrogens with two attached hydrogens (primary N) is 1. The van der Waals surface area contributed by atoms with E-state index in [0.29, 0.717) is 23.0 Å². The molecular weight excluding hydrogens is 280 g/mol. The normalized spacial score (nSPS) is 13.5. The van der Waals surface area contributed by atoms with E-state index in [9.17, 15) is 8.42 Å². The van der Waals surface area contributed by atoms with Gasteiger partial charge in [-0.2, -0.15) is 4.31 Å². The molecule has 0 saturated heterocycles. The predicted octanol–water partition coefficient (Wildman–Crippen LogP) is 1.93. The maximum atomic E-state index is 12.6. The fraction of sp³-hybridized carbons (Fsp3) is 0.462. The van der Waals surface area contributed by atoms with Gasteiger partial charge in [-0.3, -0.25) is 0 Å². The molecule has 0 aromatic heterocycles. The first-order valence-electron chi connectivity index (χ1n) is 6.15. The van der Waals surface area contributed by atoms with E-state index in [1.165, 1.54) is 4.31 Å². The number of aryl methyl sites for hydroxylation is 1. The van der Waals surface area contributed by atoms with E-state index < -0.39 is 10.0 Å². The molecule has 6 heteroatoms. The van der Waals surface area contributed by atoms with Gasteiger partial charge in [-0.1, -0.05) is 44.3 Å². The van der Waals surface area contributed by atoms with Crippen LogP contribution in [0.5, 0.6) is 0 Å². The first-order valence-corrected chi connectivity index (χ1v) is 8.00. The standard InChI is InChI=1S/C13H20N2O2S2/c1-4-15(9-11(3)13(14)18)19(16,17)12-8-6-5-7-10(12)2/h5-8,11H,4,9H2,1-3H3,(H2,14,18). The Morgan fingerprint density at radius 1 is 1.42 bits per heavy atom. The van der Waals surface area contributed by atoms with Crippen LogP contribution in [0.2, 0.25) is 0 Å². The van der Waals surface area contributed by atoms with Crippen molar-refractivity contribution >= 4 is 27.2 Å². The largest absolute Gasteiger partial charge is 0.393 e. The number of hydrogen-bond donors (Lipinski definition) is 1. The van der Waals surface area contributed by atoms with Crippen LogP contribution in [0, 0.1) is 12.8 Å². The highest BCUT2D eigenvalue weighted by atomic mass is 32.2. The molecule has 1 aromatic carbocycles. The lowest BCUT2D eigenvalue weighted by Gasteiger charge is -2.24. The van der Waals surface area contributed by atoms with Gasteiger partial charge in [0.25, 0.3) is 0 Å². The molecule has 0 aliphatic rings. The van der Waals surface area contributed by atoms with Gasteiger partial charge >= 0.3 is 0 Å². The smallest absolute Gasteiger partial charge is 0.243 e. The number of hydrogen-bond acceptors (Lipinski definition) is 3. The number of rotatable bonds is 6. The van der Waals surface area contributed by atoms with Crippen LogP contribution >= 0.6 is 12.2 Å². The molecule has 0 aliphatic carbocycles. The van der Waals surface area contributed by atoms with E-state index in [-0.39, 0.29) is 5.92 Å². The maximum absolute atomic E-state index is 12.6. The van der Waals surface area contributed by atoms with Gasteiger partial charge in [0.2, 0.25) is 10.0 Å². The molecule has 19 heavy (non-hydrogen) atoms. The van der Waals surface area contributed by atoms with Gasteiger partial charge in [0, 0.05) is 19.0 Å². The fourth-order valence-electron chi connectivity index (χ4n) is 1.78. The van der Waals surface area contributed by atoms with Crippen LogP contribution in [0.25, 0.3) is 0 Å². The second kappa shape index (κ2) is 6.45. The van der Waals surface area contributed by atoms with Crippen molar-refractivity contribution in [2.24, 2.45) is 11.7 Å². The van der Waals surface area contributed by atoms with Crippen LogP contribution in [0.15, 0.2) is 29.2 Å². The van der Waals surface area contributed by atoms with E-state index in [1.807, 2.05) is 19.9 Å². The van der Waals surface area contributed by atoms with Crippen molar-refractivity contribution < 1.29 is 8.42 Å². The number of benzene rings is 1. The Morgan fingerprint density at radius 2 is 2.00 bits per heavy atom. The average Bonchev–Trinajstić information content (AvgIpc) is 2.35. The van der Waals surface area contributed by atoms with Crippen LogP contribution in [0.1, 0.15) is 19.4 Å². The molecule has 4 nitrogen and oxygen atoms in total. The number of nitrogens with zero attached hydrogens (tertiary/aromatic N) is 1. The molecule has 0 amide bonds. The summed E-state index contributed by atoms with van der Waals surface area (Å²) in [6.07, 6.45) is 0. The third-order valence-corrected chi connectivity index (χ3v) is 5.53. The van der Waals surface area contributed by atoms with E-state index in [1.54, 1.807) is 25.1 Å². The van der Waals surface area contributed by atoms with Gasteiger partial charge in [-0.05, 0) is 18.6 Å². The molecule has 106 valence electrons. The Balaban J connectivity index is 3.10. The van der Waals surface area contributed by atoms with Crippen LogP contribution in [0.4, 0.5) is 0 Å². The minimum Gasteiger partial charge on any atom is -0.393 e. The number of thiocarbonyl (C=S) groups is 1. The van der Waals surface area contributed by atoms with Crippen molar-refractivity contribution in [1.82, 2.24) is 4.31 Å². The zero-order valence-electron chi connectivity index (χ0n) is 11.5. The third kappa shape index (κ3) is 3.75. The quantitative estimate of drug-likeness (QED) is 0.815. The Bertz CT molecular complexity index is 556. The molecule has 1 aromatic rings. The summed E-state index contributed by atoms with van der Waals surface area (Å²) in [6, 6.07) is 6.96.